The maximum Gasteiger partial charge on any atom is 0.416 e. The quantitative estimate of drug-likeness (QED) is 0.831. The van der Waals surface area contributed by atoms with Crippen LogP contribution in [-0.4, -0.2) is 22.0 Å². The second-order valence-electron chi connectivity index (χ2n) is 2.90. The first kappa shape index (κ1) is 12.5. The third kappa shape index (κ3) is 3.49. The van der Waals surface area contributed by atoms with Crippen LogP contribution in [0.1, 0.15) is 0 Å². The Labute approximate surface area is 96.7 Å². The standard InChI is InChI=1S/C8H7F3INO2/c9-8(10,11)6(14)4-13-3-5(12)1-2-7(13)15/h1-3,6,14H,4H2. The lowest BCUT2D eigenvalue weighted by atomic mass is 10.3. The molecule has 1 aromatic heterocycles. The summed E-state index contributed by atoms with van der Waals surface area (Å²) < 4.78 is 37.5. The summed E-state index contributed by atoms with van der Waals surface area (Å²) in [5.41, 5.74) is -0.571. The van der Waals surface area contributed by atoms with Crippen molar-refractivity contribution in [2.75, 3.05) is 0 Å². The molecule has 0 aromatic carbocycles. The van der Waals surface area contributed by atoms with E-state index in [1.165, 1.54) is 12.3 Å². The molecule has 1 rings (SSSR count). The van der Waals surface area contributed by atoms with Crippen molar-refractivity contribution in [3.63, 3.8) is 0 Å². The first-order valence-corrected chi connectivity index (χ1v) is 4.99. The van der Waals surface area contributed by atoms with Crippen molar-refractivity contribution >= 4 is 22.6 Å². The van der Waals surface area contributed by atoms with E-state index in [1.807, 2.05) is 22.6 Å². The van der Waals surface area contributed by atoms with Gasteiger partial charge in [-0.1, -0.05) is 0 Å². The molecule has 0 spiro atoms. The van der Waals surface area contributed by atoms with Crippen molar-refractivity contribution in [1.82, 2.24) is 4.57 Å². The number of nitrogens with zero attached hydrogens (tertiary/aromatic N) is 1. The van der Waals surface area contributed by atoms with Gasteiger partial charge in [0.25, 0.3) is 5.56 Å². The smallest absolute Gasteiger partial charge is 0.382 e. The van der Waals surface area contributed by atoms with Gasteiger partial charge in [-0.05, 0) is 28.7 Å². The Hall–Kier alpha value is -0.570. The first-order valence-electron chi connectivity index (χ1n) is 3.91. The highest BCUT2D eigenvalue weighted by Crippen LogP contribution is 2.20. The van der Waals surface area contributed by atoms with Gasteiger partial charge in [0.2, 0.25) is 0 Å². The summed E-state index contributed by atoms with van der Waals surface area (Å²) in [4.78, 5) is 11.1. The Kier molecular flexibility index (Phi) is 3.77. The molecule has 15 heavy (non-hydrogen) atoms. The van der Waals surface area contributed by atoms with Gasteiger partial charge in [0, 0.05) is 15.8 Å². The van der Waals surface area contributed by atoms with Gasteiger partial charge in [0.15, 0.2) is 6.10 Å². The molecule has 7 heteroatoms. The van der Waals surface area contributed by atoms with Crippen LogP contribution >= 0.6 is 22.6 Å². The molecule has 0 radical (unpaired) electrons. The molecule has 1 heterocycles. The van der Waals surface area contributed by atoms with Crippen LogP contribution in [0.3, 0.4) is 0 Å². The minimum absolute atomic E-state index is 0.571. The fraction of sp³-hybridized carbons (Fsp3) is 0.375. The van der Waals surface area contributed by atoms with E-state index in [1.54, 1.807) is 0 Å². The molecule has 0 bridgehead atoms. The van der Waals surface area contributed by atoms with Crippen molar-refractivity contribution in [2.45, 2.75) is 18.8 Å². The average molecular weight is 333 g/mol. The lowest BCUT2D eigenvalue weighted by molar-refractivity contribution is -0.207. The predicted molar refractivity (Wildman–Crippen MR) is 55.5 cm³/mol. The van der Waals surface area contributed by atoms with E-state index in [0.717, 1.165) is 10.6 Å². The van der Waals surface area contributed by atoms with Crippen LogP contribution < -0.4 is 5.56 Å². The molecule has 0 fully saturated rings. The van der Waals surface area contributed by atoms with E-state index < -0.39 is 24.4 Å². The van der Waals surface area contributed by atoms with Crippen LogP contribution in [0.15, 0.2) is 23.1 Å². The third-order valence-electron chi connectivity index (χ3n) is 1.69. The molecule has 0 aliphatic carbocycles. The maximum absolute atomic E-state index is 12.0. The zero-order valence-corrected chi connectivity index (χ0v) is 9.49. The molecule has 1 N–H and O–H groups in total. The summed E-state index contributed by atoms with van der Waals surface area (Å²) in [5, 5.41) is 8.77. The van der Waals surface area contributed by atoms with Crippen LogP contribution in [0, 0.1) is 3.57 Å². The number of halogens is 4. The zero-order chi connectivity index (χ0) is 11.6. The average Bonchev–Trinajstić information content (AvgIpc) is 2.09. The zero-order valence-electron chi connectivity index (χ0n) is 7.33. The van der Waals surface area contributed by atoms with Gasteiger partial charge in [-0.2, -0.15) is 13.2 Å². The van der Waals surface area contributed by atoms with Gasteiger partial charge >= 0.3 is 6.18 Å². The van der Waals surface area contributed by atoms with Gasteiger partial charge in [-0.25, -0.2) is 0 Å². The van der Waals surface area contributed by atoms with Crippen LogP contribution in [0.2, 0.25) is 0 Å². The second-order valence-corrected chi connectivity index (χ2v) is 4.14. The molecule has 1 aromatic rings. The van der Waals surface area contributed by atoms with E-state index in [9.17, 15) is 18.0 Å². The van der Waals surface area contributed by atoms with Gasteiger partial charge in [0.05, 0.1) is 6.54 Å². The van der Waals surface area contributed by atoms with Crippen molar-refractivity contribution in [2.24, 2.45) is 0 Å². The Morgan fingerprint density at radius 2 is 2.07 bits per heavy atom. The maximum atomic E-state index is 12.0. The largest absolute Gasteiger partial charge is 0.416 e. The van der Waals surface area contributed by atoms with E-state index in [-0.39, 0.29) is 0 Å². The highest BCUT2D eigenvalue weighted by Gasteiger charge is 2.38. The number of alkyl halides is 3. The van der Waals surface area contributed by atoms with Crippen LogP contribution in [-0.2, 0) is 6.54 Å². The highest BCUT2D eigenvalue weighted by atomic mass is 127. The van der Waals surface area contributed by atoms with Gasteiger partial charge in [0.1, 0.15) is 0 Å². The number of aliphatic hydroxyl groups is 1. The molecule has 1 atom stereocenters. The number of hydrogen-bond acceptors (Lipinski definition) is 2. The predicted octanol–water partition coefficient (Wildman–Crippen LogP) is 1.38. The Bertz CT molecular complexity index is 402. The topological polar surface area (TPSA) is 42.2 Å². The van der Waals surface area contributed by atoms with Gasteiger partial charge in [-0.15, -0.1) is 0 Å². The lowest BCUT2D eigenvalue weighted by Crippen LogP contribution is -2.36. The molecule has 0 saturated carbocycles. The van der Waals surface area contributed by atoms with Crippen LogP contribution in [0.5, 0.6) is 0 Å². The molecular formula is C8H7F3INO2. The first-order chi connectivity index (χ1) is 6.80. The minimum atomic E-state index is -4.71. The Morgan fingerprint density at radius 3 is 2.60 bits per heavy atom. The number of aliphatic hydroxyl groups excluding tert-OH is 1. The second kappa shape index (κ2) is 4.52. The van der Waals surface area contributed by atoms with Crippen LogP contribution in [0.25, 0.3) is 0 Å². The van der Waals surface area contributed by atoms with E-state index in [2.05, 4.69) is 0 Å². The monoisotopic (exact) mass is 333 g/mol. The molecule has 1 unspecified atom stereocenters. The molecule has 0 aliphatic rings. The lowest BCUT2D eigenvalue weighted by Gasteiger charge is -2.15. The fourth-order valence-electron chi connectivity index (χ4n) is 0.935. The summed E-state index contributed by atoms with van der Waals surface area (Å²) >= 11 is 1.87. The Morgan fingerprint density at radius 1 is 1.47 bits per heavy atom. The van der Waals surface area contributed by atoms with E-state index in [0.29, 0.717) is 3.57 Å². The molecule has 84 valence electrons. The Balaban J connectivity index is 2.90. The summed E-state index contributed by atoms with van der Waals surface area (Å²) in [6, 6.07) is 2.64. The number of aromatic nitrogens is 1. The van der Waals surface area contributed by atoms with E-state index >= 15 is 0 Å². The van der Waals surface area contributed by atoms with E-state index in [4.69, 9.17) is 5.11 Å². The number of hydrogen-bond donors (Lipinski definition) is 1. The highest BCUT2D eigenvalue weighted by molar-refractivity contribution is 14.1. The molecule has 0 aliphatic heterocycles. The minimum Gasteiger partial charge on any atom is -0.382 e. The summed E-state index contributed by atoms with van der Waals surface area (Å²) in [6.45, 7) is -0.779. The third-order valence-corrected chi connectivity index (χ3v) is 2.33. The number of pyridine rings is 1. The molecule has 3 nitrogen and oxygen atoms in total. The molecule has 0 saturated heterocycles. The summed E-state index contributed by atoms with van der Waals surface area (Å²) in [7, 11) is 0. The molecule has 0 amide bonds. The number of rotatable bonds is 2. The van der Waals surface area contributed by atoms with Crippen molar-refractivity contribution in [1.29, 1.82) is 0 Å². The van der Waals surface area contributed by atoms with Crippen LogP contribution in [0.4, 0.5) is 13.2 Å². The van der Waals surface area contributed by atoms with Gasteiger partial charge < -0.3 is 9.67 Å². The van der Waals surface area contributed by atoms with Gasteiger partial charge in [-0.3, -0.25) is 4.79 Å². The fourth-order valence-corrected chi connectivity index (χ4v) is 1.45. The van der Waals surface area contributed by atoms with Crippen molar-refractivity contribution in [3.8, 4) is 0 Å². The van der Waals surface area contributed by atoms with Crippen molar-refractivity contribution < 1.29 is 18.3 Å². The van der Waals surface area contributed by atoms with Crippen molar-refractivity contribution in [3.05, 3.63) is 32.3 Å². The summed E-state index contributed by atoms with van der Waals surface area (Å²) in [6.07, 6.45) is -5.97. The summed E-state index contributed by atoms with van der Waals surface area (Å²) in [5.74, 6) is 0. The normalized spacial score (nSPS) is 13.9. The SMILES string of the molecule is O=c1ccc(I)cn1CC(O)C(F)(F)F. The molecular weight excluding hydrogens is 326 g/mol.